The van der Waals surface area contributed by atoms with Crippen molar-refractivity contribution in [3.63, 3.8) is 0 Å². The number of hydrogen-bond acceptors (Lipinski definition) is 5. The molecule has 1 N–H and O–H groups in total. The maximum atomic E-state index is 12.4. The van der Waals surface area contributed by atoms with E-state index in [4.69, 9.17) is 5.11 Å². The predicted octanol–water partition coefficient (Wildman–Crippen LogP) is 2.61. The molecule has 21 heavy (non-hydrogen) atoms. The van der Waals surface area contributed by atoms with Crippen LogP contribution in [0.1, 0.15) is 41.8 Å². The molecule has 1 saturated carbocycles. The average molecular weight is 325 g/mol. The van der Waals surface area contributed by atoms with Crippen LogP contribution in [0.2, 0.25) is 0 Å². The summed E-state index contributed by atoms with van der Waals surface area (Å²) in [6.07, 6.45) is 4.20. The van der Waals surface area contributed by atoms with E-state index in [0.717, 1.165) is 41.9 Å². The lowest BCUT2D eigenvalue weighted by Crippen LogP contribution is -2.39. The van der Waals surface area contributed by atoms with Gasteiger partial charge in [-0.25, -0.2) is 4.79 Å². The van der Waals surface area contributed by atoms with Crippen LogP contribution in [0.15, 0.2) is 16.3 Å². The summed E-state index contributed by atoms with van der Waals surface area (Å²) in [4.78, 5) is 37.8. The Kier molecular flexibility index (Phi) is 4.03. The fourth-order valence-electron chi connectivity index (χ4n) is 2.92. The van der Waals surface area contributed by atoms with Crippen molar-refractivity contribution >= 4 is 40.9 Å². The molecule has 5 nitrogen and oxygen atoms in total. The van der Waals surface area contributed by atoms with Gasteiger partial charge in [0.05, 0.1) is 5.25 Å². The van der Waals surface area contributed by atoms with Gasteiger partial charge in [-0.3, -0.25) is 14.5 Å². The summed E-state index contributed by atoms with van der Waals surface area (Å²) in [5.74, 6) is -1.16. The van der Waals surface area contributed by atoms with Crippen LogP contribution in [0.4, 0.5) is 0 Å². The SMILES string of the molecule is O=C(O)c1cc(SC2CC(=O)N(C3CCCC3)C2=O)cs1. The number of thioether (sulfide) groups is 1. The molecular weight excluding hydrogens is 310 g/mol. The van der Waals surface area contributed by atoms with Gasteiger partial charge in [-0.1, -0.05) is 12.8 Å². The Bertz CT molecular complexity index is 592. The van der Waals surface area contributed by atoms with Gasteiger partial charge in [0.1, 0.15) is 4.88 Å². The van der Waals surface area contributed by atoms with Crippen molar-refractivity contribution in [2.75, 3.05) is 0 Å². The topological polar surface area (TPSA) is 74.7 Å². The highest BCUT2D eigenvalue weighted by molar-refractivity contribution is 8.00. The Hall–Kier alpha value is -1.34. The van der Waals surface area contributed by atoms with Gasteiger partial charge in [-0.15, -0.1) is 23.1 Å². The predicted molar refractivity (Wildman–Crippen MR) is 79.6 cm³/mol. The van der Waals surface area contributed by atoms with Crippen LogP contribution in [0, 0.1) is 0 Å². The molecule has 2 fully saturated rings. The molecule has 0 aromatic carbocycles. The second kappa shape index (κ2) is 5.81. The first-order chi connectivity index (χ1) is 10.1. The summed E-state index contributed by atoms with van der Waals surface area (Å²) in [5, 5.41) is 10.2. The van der Waals surface area contributed by atoms with E-state index in [1.165, 1.54) is 16.7 Å². The third-order valence-corrected chi connectivity index (χ3v) is 6.12. The molecule has 0 radical (unpaired) electrons. The molecule has 1 unspecified atom stereocenters. The monoisotopic (exact) mass is 325 g/mol. The number of carboxylic acid groups (broad SMARTS) is 1. The molecule has 1 saturated heterocycles. The summed E-state index contributed by atoms with van der Waals surface area (Å²) >= 11 is 2.44. The number of hydrogen-bond donors (Lipinski definition) is 1. The standard InChI is InChI=1S/C14H15NO4S2/c16-12-6-10(13(17)15(12)8-3-1-2-4-8)21-9-5-11(14(18)19)20-7-9/h5,7-8,10H,1-4,6H2,(H,18,19). The normalized spacial score (nSPS) is 23.2. The van der Waals surface area contributed by atoms with Gasteiger partial charge in [0.2, 0.25) is 11.8 Å². The highest BCUT2D eigenvalue weighted by Gasteiger charge is 2.43. The van der Waals surface area contributed by atoms with E-state index in [1.54, 1.807) is 11.4 Å². The van der Waals surface area contributed by atoms with E-state index in [0.29, 0.717) is 0 Å². The van der Waals surface area contributed by atoms with Gasteiger partial charge in [0.25, 0.3) is 0 Å². The highest BCUT2D eigenvalue weighted by atomic mass is 32.2. The van der Waals surface area contributed by atoms with Gasteiger partial charge in [-0.2, -0.15) is 0 Å². The molecule has 0 bridgehead atoms. The lowest BCUT2D eigenvalue weighted by Gasteiger charge is -2.21. The number of aromatic carboxylic acids is 1. The van der Waals surface area contributed by atoms with E-state index in [-0.39, 0.29) is 29.2 Å². The van der Waals surface area contributed by atoms with Crippen molar-refractivity contribution in [3.8, 4) is 0 Å². The number of imide groups is 1. The van der Waals surface area contributed by atoms with E-state index < -0.39 is 11.2 Å². The van der Waals surface area contributed by atoms with Crippen LogP contribution < -0.4 is 0 Å². The Morgan fingerprint density at radius 3 is 2.67 bits per heavy atom. The van der Waals surface area contributed by atoms with Gasteiger partial charge in [0.15, 0.2) is 0 Å². The second-order valence-electron chi connectivity index (χ2n) is 5.30. The molecule has 1 aliphatic heterocycles. The summed E-state index contributed by atoms with van der Waals surface area (Å²) < 4.78 is 0. The molecular formula is C14H15NO4S2. The van der Waals surface area contributed by atoms with Crippen molar-refractivity contribution < 1.29 is 19.5 Å². The molecule has 7 heteroatoms. The van der Waals surface area contributed by atoms with E-state index in [9.17, 15) is 14.4 Å². The van der Waals surface area contributed by atoms with Crippen LogP contribution in [0.5, 0.6) is 0 Å². The number of thiophene rings is 1. The molecule has 1 aliphatic carbocycles. The molecule has 3 rings (SSSR count). The number of carboxylic acids is 1. The Balaban J connectivity index is 1.70. The molecule has 2 aliphatic rings. The van der Waals surface area contributed by atoms with Gasteiger partial charge in [-0.05, 0) is 18.9 Å². The van der Waals surface area contributed by atoms with E-state index >= 15 is 0 Å². The first-order valence-corrected chi connectivity index (χ1v) is 8.66. The molecule has 0 spiro atoms. The van der Waals surface area contributed by atoms with Crippen LogP contribution in [-0.4, -0.2) is 39.1 Å². The maximum Gasteiger partial charge on any atom is 0.345 e. The van der Waals surface area contributed by atoms with Gasteiger partial charge >= 0.3 is 5.97 Å². The Morgan fingerprint density at radius 2 is 2.05 bits per heavy atom. The van der Waals surface area contributed by atoms with Crippen molar-refractivity contribution in [2.24, 2.45) is 0 Å². The zero-order chi connectivity index (χ0) is 15.0. The second-order valence-corrected chi connectivity index (χ2v) is 7.49. The zero-order valence-electron chi connectivity index (χ0n) is 11.3. The third kappa shape index (κ3) is 2.85. The van der Waals surface area contributed by atoms with Crippen molar-refractivity contribution in [3.05, 3.63) is 16.3 Å². The fraction of sp³-hybridized carbons (Fsp3) is 0.500. The Morgan fingerprint density at radius 1 is 1.33 bits per heavy atom. The summed E-state index contributed by atoms with van der Waals surface area (Å²) in [6, 6.07) is 1.64. The van der Waals surface area contributed by atoms with Crippen LogP contribution in [-0.2, 0) is 9.59 Å². The molecule has 112 valence electrons. The number of likely N-dealkylation sites (tertiary alicyclic amines) is 1. The van der Waals surface area contributed by atoms with E-state index in [2.05, 4.69) is 0 Å². The van der Waals surface area contributed by atoms with Crippen LogP contribution in [0.25, 0.3) is 0 Å². The minimum absolute atomic E-state index is 0.0765. The third-order valence-electron chi connectivity index (χ3n) is 3.90. The summed E-state index contributed by atoms with van der Waals surface area (Å²) in [7, 11) is 0. The average Bonchev–Trinajstić information content (AvgIpc) is 3.12. The molecule has 2 amide bonds. The first kappa shape index (κ1) is 14.6. The first-order valence-electron chi connectivity index (χ1n) is 6.90. The van der Waals surface area contributed by atoms with E-state index in [1.807, 2.05) is 0 Å². The number of carbonyl (C=O) groups excluding carboxylic acids is 2. The largest absolute Gasteiger partial charge is 0.477 e. The molecule has 1 aromatic rings. The van der Waals surface area contributed by atoms with Gasteiger partial charge < -0.3 is 5.11 Å². The molecule has 1 aromatic heterocycles. The van der Waals surface area contributed by atoms with Gasteiger partial charge in [0, 0.05) is 22.7 Å². The van der Waals surface area contributed by atoms with Crippen molar-refractivity contribution in [2.45, 2.75) is 48.3 Å². The Labute approximate surface area is 130 Å². The quantitative estimate of drug-likeness (QED) is 0.861. The fourth-order valence-corrected chi connectivity index (χ4v) is 4.92. The minimum Gasteiger partial charge on any atom is -0.477 e. The summed E-state index contributed by atoms with van der Waals surface area (Å²) in [5.41, 5.74) is 0. The number of nitrogens with zero attached hydrogens (tertiary/aromatic N) is 1. The molecule has 1 atom stereocenters. The minimum atomic E-state index is -0.965. The maximum absolute atomic E-state index is 12.4. The number of carbonyl (C=O) groups is 3. The highest BCUT2D eigenvalue weighted by Crippen LogP contribution is 2.36. The summed E-state index contributed by atoms with van der Waals surface area (Å²) in [6.45, 7) is 0. The number of rotatable bonds is 4. The van der Waals surface area contributed by atoms with Crippen molar-refractivity contribution in [1.29, 1.82) is 0 Å². The smallest absolute Gasteiger partial charge is 0.345 e. The lowest BCUT2D eigenvalue weighted by molar-refractivity contribution is -0.140. The van der Waals surface area contributed by atoms with Crippen LogP contribution >= 0.6 is 23.1 Å². The van der Waals surface area contributed by atoms with Crippen molar-refractivity contribution in [1.82, 2.24) is 4.90 Å². The molecule has 2 heterocycles. The number of amides is 2. The lowest BCUT2D eigenvalue weighted by atomic mass is 10.2. The van der Waals surface area contributed by atoms with Crippen LogP contribution in [0.3, 0.4) is 0 Å². The zero-order valence-corrected chi connectivity index (χ0v) is 12.9.